The van der Waals surface area contributed by atoms with Crippen molar-refractivity contribution in [3.05, 3.63) is 46.9 Å². The molecule has 0 unspecified atom stereocenters. The molecule has 1 fully saturated rings. The summed E-state index contributed by atoms with van der Waals surface area (Å²) < 4.78 is 6.39. The van der Waals surface area contributed by atoms with Crippen LogP contribution in [0.25, 0.3) is 10.1 Å². The summed E-state index contributed by atoms with van der Waals surface area (Å²) in [7, 11) is 0. The summed E-state index contributed by atoms with van der Waals surface area (Å²) in [5, 5.41) is 6.83. The Labute approximate surface area is 131 Å². The molecular formula is C16H15N3O2S. The lowest BCUT2D eigenvalue weighted by Gasteiger charge is -2.15. The summed E-state index contributed by atoms with van der Waals surface area (Å²) in [6.07, 6.45) is 0.870. The van der Waals surface area contributed by atoms with Crippen molar-refractivity contribution in [2.45, 2.75) is 19.3 Å². The zero-order valence-electron chi connectivity index (χ0n) is 12.2. The Balaban J connectivity index is 1.57. The lowest BCUT2D eigenvalue weighted by atomic mass is 10.1. The van der Waals surface area contributed by atoms with Crippen molar-refractivity contribution in [1.82, 2.24) is 15.0 Å². The highest BCUT2D eigenvalue weighted by molar-refractivity contribution is 7.17. The summed E-state index contributed by atoms with van der Waals surface area (Å²) in [5.74, 6) is 1.53. The molecule has 0 radical (unpaired) electrons. The van der Waals surface area contributed by atoms with Crippen LogP contribution in [-0.2, 0) is 0 Å². The van der Waals surface area contributed by atoms with E-state index in [9.17, 15) is 4.79 Å². The number of aromatic nitrogens is 2. The predicted molar refractivity (Wildman–Crippen MR) is 84.1 cm³/mol. The first-order chi connectivity index (χ1) is 10.7. The first-order valence-electron chi connectivity index (χ1n) is 7.28. The lowest BCUT2D eigenvalue weighted by molar-refractivity contribution is 0.0792. The molecule has 1 aliphatic rings. The van der Waals surface area contributed by atoms with Gasteiger partial charge in [-0.1, -0.05) is 23.4 Å². The second kappa shape index (κ2) is 5.21. The summed E-state index contributed by atoms with van der Waals surface area (Å²) in [6, 6.07) is 8.02. The minimum Gasteiger partial charge on any atom is -0.339 e. The fourth-order valence-corrected chi connectivity index (χ4v) is 3.87. The molecule has 3 aromatic rings. The molecule has 4 rings (SSSR count). The molecule has 1 atom stereocenters. The Hall–Kier alpha value is -2.21. The van der Waals surface area contributed by atoms with E-state index in [1.54, 1.807) is 11.3 Å². The van der Waals surface area contributed by atoms with Crippen LogP contribution in [0.1, 0.15) is 34.4 Å². The second-order valence-corrected chi connectivity index (χ2v) is 6.47. The summed E-state index contributed by atoms with van der Waals surface area (Å²) >= 11 is 1.61. The maximum Gasteiger partial charge on any atom is 0.255 e. The molecule has 3 heterocycles. The van der Waals surface area contributed by atoms with Gasteiger partial charge in [0.05, 0.1) is 11.5 Å². The Morgan fingerprint density at radius 3 is 3.09 bits per heavy atom. The number of aryl methyl sites for hydroxylation is 1. The topological polar surface area (TPSA) is 59.2 Å². The second-order valence-electron chi connectivity index (χ2n) is 5.56. The normalized spacial score (nSPS) is 18.2. The monoisotopic (exact) mass is 313 g/mol. The van der Waals surface area contributed by atoms with E-state index in [4.69, 9.17) is 4.52 Å². The van der Waals surface area contributed by atoms with E-state index in [1.165, 1.54) is 0 Å². The lowest BCUT2D eigenvalue weighted by Crippen LogP contribution is -2.28. The van der Waals surface area contributed by atoms with Crippen molar-refractivity contribution in [3.63, 3.8) is 0 Å². The molecule has 2 aromatic heterocycles. The van der Waals surface area contributed by atoms with Crippen LogP contribution in [0.2, 0.25) is 0 Å². The average Bonchev–Trinajstić information content (AvgIpc) is 3.25. The number of thiophene rings is 1. The minimum absolute atomic E-state index is 0.0937. The smallest absolute Gasteiger partial charge is 0.255 e. The van der Waals surface area contributed by atoms with Gasteiger partial charge in [0.25, 0.3) is 5.91 Å². The Morgan fingerprint density at radius 2 is 2.27 bits per heavy atom. The van der Waals surface area contributed by atoms with Gasteiger partial charge in [-0.3, -0.25) is 4.79 Å². The van der Waals surface area contributed by atoms with Gasteiger partial charge in [0.2, 0.25) is 5.89 Å². The maximum atomic E-state index is 12.8. The average molecular weight is 313 g/mol. The number of fused-ring (bicyclic) bond motifs is 1. The van der Waals surface area contributed by atoms with Gasteiger partial charge in [0.15, 0.2) is 5.82 Å². The number of hydrogen-bond donors (Lipinski definition) is 0. The number of amides is 1. The van der Waals surface area contributed by atoms with Gasteiger partial charge in [-0.15, -0.1) is 11.3 Å². The quantitative estimate of drug-likeness (QED) is 0.729. The summed E-state index contributed by atoms with van der Waals surface area (Å²) in [6.45, 7) is 3.18. The number of hydrogen-bond acceptors (Lipinski definition) is 5. The zero-order chi connectivity index (χ0) is 15.1. The highest BCUT2D eigenvalue weighted by atomic mass is 32.1. The first-order valence-corrected chi connectivity index (χ1v) is 8.16. The van der Waals surface area contributed by atoms with Gasteiger partial charge in [0, 0.05) is 28.6 Å². The molecule has 1 aromatic carbocycles. The van der Waals surface area contributed by atoms with E-state index < -0.39 is 0 Å². The first kappa shape index (κ1) is 13.5. The Morgan fingerprint density at radius 1 is 1.41 bits per heavy atom. The number of likely N-dealkylation sites (tertiary alicyclic amines) is 1. The van der Waals surface area contributed by atoms with Gasteiger partial charge in [-0.25, -0.2) is 0 Å². The Kier molecular flexibility index (Phi) is 3.18. The molecule has 0 spiro atoms. The standard InChI is InChI=1S/C16H15N3O2S/c1-10-17-15(21-18-10)11-6-7-19(8-11)16(20)13-9-22-14-5-3-2-4-12(13)14/h2-5,9,11H,6-8H2,1H3/t11-/m1/s1. The fraction of sp³-hybridized carbons (Fsp3) is 0.312. The maximum absolute atomic E-state index is 12.8. The summed E-state index contributed by atoms with van der Waals surface area (Å²) in [4.78, 5) is 18.9. The molecular weight excluding hydrogens is 298 g/mol. The van der Waals surface area contributed by atoms with Gasteiger partial charge in [-0.2, -0.15) is 4.98 Å². The van der Waals surface area contributed by atoms with Gasteiger partial charge in [-0.05, 0) is 19.4 Å². The van der Waals surface area contributed by atoms with Crippen molar-refractivity contribution in [3.8, 4) is 0 Å². The molecule has 5 nitrogen and oxygen atoms in total. The number of benzene rings is 1. The van der Waals surface area contributed by atoms with E-state index in [1.807, 2.05) is 41.5 Å². The largest absolute Gasteiger partial charge is 0.339 e. The van der Waals surface area contributed by atoms with E-state index in [0.29, 0.717) is 18.3 Å². The van der Waals surface area contributed by atoms with Crippen LogP contribution in [0.4, 0.5) is 0 Å². The van der Waals surface area contributed by atoms with Crippen molar-refractivity contribution in [2.24, 2.45) is 0 Å². The van der Waals surface area contributed by atoms with Crippen molar-refractivity contribution < 1.29 is 9.32 Å². The van der Waals surface area contributed by atoms with Crippen LogP contribution in [0.5, 0.6) is 0 Å². The van der Waals surface area contributed by atoms with E-state index >= 15 is 0 Å². The number of carbonyl (C=O) groups excluding carboxylic acids is 1. The third kappa shape index (κ3) is 2.20. The molecule has 0 saturated carbocycles. The van der Waals surface area contributed by atoms with Gasteiger partial charge >= 0.3 is 0 Å². The molecule has 0 N–H and O–H groups in total. The van der Waals surface area contributed by atoms with Crippen LogP contribution in [0, 0.1) is 6.92 Å². The van der Waals surface area contributed by atoms with Crippen LogP contribution >= 0.6 is 11.3 Å². The van der Waals surface area contributed by atoms with Crippen LogP contribution < -0.4 is 0 Å². The highest BCUT2D eigenvalue weighted by Gasteiger charge is 2.32. The molecule has 1 amide bonds. The third-order valence-electron chi connectivity index (χ3n) is 4.08. The zero-order valence-corrected chi connectivity index (χ0v) is 13.0. The molecule has 1 saturated heterocycles. The highest BCUT2D eigenvalue weighted by Crippen LogP contribution is 2.31. The predicted octanol–water partition coefficient (Wildman–Crippen LogP) is 3.22. The number of nitrogens with zero attached hydrogens (tertiary/aromatic N) is 3. The van der Waals surface area contributed by atoms with Gasteiger partial charge in [0.1, 0.15) is 0 Å². The van der Waals surface area contributed by atoms with E-state index in [2.05, 4.69) is 10.1 Å². The number of rotatable bonds is 2. The molecule has 6 heteroatoms. The van der Waals surface area contributed by atoms with E-state index in [0.717, 1.165) is 28.6 Å². The van der Waals surface area contributed by atoms with E-state index in [-0.39, 0.29) is 11.8 Å². The number of carbonyl (C=O) groups is 1. The molecule has 0 aliphatic carbocycles. The van der Waals surface area contributed by atoms with Crippen molar-refractivity contribution in [1.29, 1.82) is 0 Å². The van der Waals surface area contributed by atoms with Gasteiger partial charge < -0.3 is 9.42 Å². The summed E-state index contributed by atoms with van der Waals surface area (Å²) in [5.41, 5.74) is 0.794. The van der Waals surface area contributed by atoms with Crippen LogP contribution in [0.3, 0.4) is 0 Å². The molecule has 22 heavy (non-hydrogen) atoms. The molecule has 0 bridgehead atoms. The molecule has 112 valence electrons. The minimum atomic E-state index is 0.0937. The third-order valence-corrected chi connectivity index (χ3v) is 5.04. The van der Waals surface area contributed by atoms with Crippen LogP contribution in [-0.4, -0.2) is 34.0 Å². The van der Waals surface area contributed by atoms with Crippen molar-refractivity contribution in [2.75, 3.05) is 13.1 Å². The SMILES string of the molecule is Cc1noc([C@@H]2CCN(C(=O)c3csc4ccccc34)C2)n1. The molecule has 1 aliphatic heterocycles. The van der Waals surface area contributed by atoms with Crippen molar-refractivity contribution >= 4 is 27.3 Å². The fourth-order valence-electron chi connectivity index (χ4n) is 2.94. The Bertz CT molecular complexity index is 839. The van der Waals surface area contributed by atoms with Crippen LogP contribution in [0.15, 0.2) is 34.2 Å².